The molecule has 0 aliphatic rings. The summed E-state index contributed by atoms with van der Waals surface area (Å²) in [4.78, 5) is 4.45. The molecule has 2 aromatic rings. The fraction of sp³-hybridized carbons (Fsp3) is 0.438. The van der Waals surface area contributed by atoms with E-state index in [1.807, 2.05) is 12.3 Å². The first-order valence-corrected chi connectivity index (χ1v) is 8.05. The quantitative estimate of drug-likeness (QED) is 0.839. The first-order chi connectivity index (χ1) is 10.1. The van der Waals surface area contributed by atoms with Gasteiger partial charge in [-0.2, -0.15) is 0 Å². The minimum absolute atomic E-state index is 0.0619. The predicted octanol–water partition coefficient (Wildman–Crippen LogP) is 3.88. The number of nitrogens with zero attached hydrogens (tertiary/aromatic N) is 1. The van der Waals surface area contributed by atoms with Gasteiger partial charge in [-0.15, -0.1) is 11.3 Å². The largest absolute Gasteiger partial charge is 0.313 e. The summed E-state index contributed by atoms with van der Waals surface area (Å²) in [6.45, 7) is 4.90. The number of aryl methyl sites for hydroxylation is 1. The second-order valence-electron chi connectivity index (χ2n) is 5.15. The maximum absolute atomic E-state index is 13.8. The molecule has 0 saturated carbocycles. The molecule has 0 aliphatic carbocycles. The first-order valence-electron chi connectivity index (χ1n) is 7.17. The molecular formula is C16H20F2N2S. The highest BCUT2D eigenvalue weighted by Crippen LogP contribution is 2.17. The van der Waals surface area contributed by atoms with Gasteiger partial charge in [-0.1, -0.05) is 19.1 Å². The van der Waals surface area contributed by atoms with Gasteiger partial charge < -0.3 is 5.32 Å². The Labute approximate surface area is 128 Å². The number of hydrogen-bond acceptors (Lipinski definition) is 3. The van der Waals surface area contributed by atoms with Crippen LogP contribution in [0.4, 0.5) is 8.78 Å². The molecule has 1 aromatic heterocycles. The molecule has 0 spiro atoms. The summed E-state index contributed by atoms with van der Waals surface area (Å²) >= 11 is 1.61. The molecule has 114 valence electrons. The van der Waals surface area contributed by atoms with Crippen molar-refractivity contribution < 1.29 is 8.78 Å². The van der Waals surface area contributed by atoms with E-state index in [1.165, 1.54) is 0 Å². The average molecular weight is 310 g/mol. The summed E-state index contributed by atoms with van der Waals surface area (Å²) in [6.07, 6.45) is 2.19. The molecule has 21 heavy (non-hydrogen) atoms. The maximum atomic E-state index is 13.8. The highest BCUT2D eigenvalue weighted by Gasteiger charge is 2.16. The van der Waals surface area contributed by atoms with Gasteiger partial charge >= 0.3 is 0 Å². The third kappa shape index (κ3) is 4.58. The number of hydrogen-bond donors (Lipinski definition) is 1. The molecule has 2 rings (SSSR count). The van der Waals surface area contributed by atoms with Crippen LogP contribution >= 0.6 is 11.3 Å². The second kappa shape index (κ2) is 7.61. The summed E-state index contributed by atoms with van der Waals surface area (Å²) in [5.41, 5.74) is 1.41. The molecule has 0 bridgehead atoms. The van der Waals surface area contributed by atoms with Crippen LogP contribution in [0.1, 0.15) is 29.6 Å². The summed E-state index contributed by atoms with van der Waals surface area (Å²) in [6, 6.07) is 4.41. The molecule has 2 nitrogen and oxygen atoms in total. The predicted molar refractivity (Wildman–Crippen MR) is 82.7 cm³/mol. The first kappa shape index (κ1) is 16.0. The van der Waals surface area contributed by atoms with Crippen LogP contribution in [0, 0.1) is 18.6 Å². The number of rotatable bonds is 7. The highest BCUT2D eigenvalue weighted by atomic mass is 32.1. The number of benzene rings is 1. The average Bonchev–Trinajstić information content (AvgIpc) is 2.86. The Kier molecular flexibility index (Phi) is 5.82. The van der Waals surface area contributed by atoms with Gasteiger partial charge in [-0.25, -0.2) is 13.8 Å². The Bertz CT molecular complexity index is 583. The van der Waals surface area contributed by atoms with Crippen molar-refractivity contribution in [2.24, 2.45) is 0 Å². The molecule has 0 saturated heterocycles. The van der Waals surface area contributed by atoms with Crippen molar-refractivity contribution in [2.45, 2.75) is 39.2 Å². The van der Waals surface area contributed by atoms with E-state index >= 15 is 0 Å². The Morgan fingerprint density at radius 3 is 2.76 bits per heavy atom. The fourth-order valence-corrected chi connectivity index (χ4v) is 3.10. The third-order valence-electron chi connectivity index (χ3n) is 3.27. The van der Waals surface area contributed by atoms with Crippen LogP contribution in [0.2, 0.25) is 0 Å². The van der Waals surface area contributed by atoms with Crippen molar-refractivity contribution >= 4 is 11.3 Å². The number of nitrogens with one attached hydrogen (secondary N) is 1. The zero-order valence-corrected chi connectivity index (χ0v) is 13.1. The molecule has 0 aliphatic heterocycles. The normalized spacial score (nSPS) is 12.6. The fourth-order valence-electron chi connectivity index (χ4n) is 2.24. The Morgan fingerprint density at radius 1 is 1.29 bits per heavy atom. The van der Waals surface area contributed by atoms with Crippen molar-refractivity contribution in [3.05, 3.63) is 51.5 Å². The lowest BCUT2D eigenvalue weighted by atomic mass is 10.0. The minimum Gasteiger partial charge on any atom is -0.313 e. The zero-order chi connectivity index (χ0) is 15.2. The Morgan fingerprint density at radius 2 is 2.10 bits per heavy atom. The van der Waals surface area contributed by atoms with Crippen molar-refractivity contribution in [3.63, 3.8) is 0 Å². The molecule has 0 radical (unpaired) electrons. The van der Waals surface area contributed by atoms with E-state index in [2.05, 4.69) is 17.2 Å². The monoisotopic (exact) mass is 310 g/mol. The summed E-state index contributed by atoms with van der Waals surface area (Å²) < 4.78 is 27.1. The molecular weight excluding hydrogens is 290 g/mol. The van der Waals surface area contributed by atoms with Gasteiger partial charge in [0.1, 0.15) is 0 Å². The number of aromatic nitrogens is 1. The molecule has 0 amide bonds. The second-order valence-corrected chi connectivity index (χ2v) is 6.10. The van der Waals surface area contributed by atoms with Crippen molar-refractivity contribution in [2.75, 3.05) is 6.54 Å². The van der Waals surface area contributed by atoms with Gasteiger partial charge in [-0.3, -0.25) is 0 Å². The van der Waals surface area contributed by atoms with Gasteiger partial charge in [0.25, 0.3) is 0 Å². The van der Waals surface area contributed by atoms with E-state index in [0.29, 0.717) is 12.0 Å². The molecule has 1 aromatic carbocycles. The number of halogens is 2. The zero-order valence-electron chi connectivity index (χ0n) is 12.3. The van der Waals surface area contributed by atoms with Crippen LogP contribution in [0.3, 0.4) is 0 Å². The summed E-state index contributed by atoms with van der Waals surface area (Å²) in [7, 11) is 0. The van der Waals surface area contributed by atoms with E-state index in [-0.39, 0.29) is 6.04 Å². The van der Waals surface area contributed by atoms with Crippen molar-refractivity contribution in [3.8, 4) is 0 Å². The van der Waals surface area contributed by atoms with Crippen LogP contribution in [0.25, 0.3) is 0 Å². The molecule has 5 heteroatoms. The summed E-state index contributed by atoms with van der Waals surface area (Å²) in [5.74, 6) is -1.53. The topological polar surface area (TPSA) is 24.9 Å². The van der Waals surface area contributed by atoms with Crippen LogP contribution in [0.5, 0.6) is 0 Å². The van der Waals surface area contributed by atoms with Crippen LogP contribution in [-0.4, -0.2) is 17.6 Å². The Hall–Kier alpha value is -1.33. The minimum atomic E-state index is -0.785. The lowest BCUT2D eigenvalue weighted by Gasteiger charge is -2.18. The smallest absolute Gasteiger partial charge is 0.162 e. The van der Waals surface area contributed by atoms with Crippen molar-refractivity contribution in [1.82, 2.24) is 10.3 Å². The molecule has 1 heterocycles. The highest BCUT2D eigenvalue weighted by molar-refractivity contribution is 7.09. The van der Waals surface area contributed by atoms with Gasteiger partial charge in [0.05, 0.1) is 5.01 Å². The van der Waals surface area contributed by atoms with E-state index < -0.39 is 11.6 Å². The SMILES string of the molecule is CCCNC(Cc1nc(C)cs1)Cc1cccc(F)c1F. The van der Waals surface area contributed by atoms with Crippen molar-refractivity contribution in [1.29, 1.82) is 0 Å². The van der Waals surface area contributed by atoms with E-state index in [0.717, 1.165) is 36.2 Å². The molecule has 1 unspecified atom stereocenters. The lowest BCUT2D eigenvalue weighted by Crippen LogP contribution is -2.34. The third-order valence-corrected chi connectivity index (χ3v) is 4.26. The van der Waals surface area contributed by atoms with Crippen LogP contribution in [0.15, 0.2) is 23.6 Å². The van der Waals surface area contributed by atoms with Gasteiger partial charge in [0.15, 0.2) is 11.6 Å². The van der Waals surface area contributed by atoms with E-state index in [1.54, 1.807) is 23.5 Å². The van der Waals surface area contributed by atoms with Gasteiger partial charge in [0, 0.05) is 23.5 Å². The number of thiazole rings is 1. The van der Waals surface area contributed by atoms with E-state index in [9.17, 15) is 8.78 Å². The standard InChI is InChI=1S/C16H20F2N2S/c1-3-7-19-13(9-15-20-11(2)10-21-15)8-12-5-4-6-14(17)16(12)18/h4-6,10,13,19H,3,7-9H2,1-2H3. The molecule has 1 atom stereocenters. The Balaban J connectivity index is 2.10. The van der Waals surface area contributed by atoms with Crippen LogP contribution < -0.4 is 5.32 Å². The molecule has 0 fully saturated rings. The van der Waals surface area contributed by atoms with E-state index in [4.69, 9.17) is 0 Å². The maximum Gasteiger partial charge on any atom is 0.162 e. The van der Waals surface area contributed by atoms with Gasteiger partial charge in [-0.05, 0) is 37.9 Å². The van der Waals surface area contributed by atoms with Crippen LogP contribution in [-0.2, 0) is 12.8 Å². The van der Waals surface area contributed by atoms with Gasteiger partial charge in [0.2, 0.25) is 0 Å². The summed E-state index contributed by atoms with van der Waals surface area (Å²) in [5, 5.41) is 6.43. The molecule has 1 N–H and O–H groups in total. The lowest BCUT2D eigenvalue weighted by molar-refractivity contribution is 0.468.